The molecule has 28 heavy (non-hydrogen) atoms. The number of hydrogen-bond donors (Lipinski definition) is 2. The summed E-state index contributed by atoms with van der Waals surface area (Å²) in [6, 6.07) is 18.4. The number of carbonyl (C=O) groups is 3. The number of amides is 4. The summed E-state index contributed by atoms with van der Waals surface area (Å²) < 4.78 is 4.90. The highest BCUT2D eigenvalue weighted by atomic mass is 16.5. The maximum absolute atomic E-state index is 13.4. The summed E-state index contributed by atoms with van der Waals surface area (Å²) in [5.74, 6) is -1.48. The van der Waals surface area contributed by atoms with Gasteiger partial charge in [0.1, 0.15) is 0 Å². The Morgan fingerprint density at radius 3 is 2.11 bits per heavy atom. The molecule has 1 fully saturated rings. The normalized spacial score (nSPS) is 15.4. The minimum atomic E-state index is -1.45. The number of urea groups is 1. The number of aryl methyl sites for hydroxylation is 1. The van der Waals surface area contributed by atoms with E-state index in [0.717, 1.165) is 0 Å². The average Bonchev–Trinajstić information content (AvgIpc) is 3.26. The number of rotatable bonds is 4. The molecule has 3 aromatic rings. The van der Waals surface area contributed by atoms with Crippen molar-refractivity contribution in [3.63, 3.8) is 0 Å². The molecule has 8 heteroatoms. The number of imide groups is 1. The Hall–Kier alpha value is -3.94. The number of hydrazine groups is 1. The Kier molecular flexibility index (Phi) is 4.15. The molecule has 0 saturated carbocycles. The Balaban J connectivity index is 1.74. The number of nitrogens with one attached hydrogen (secondary N) is 2. The number of aromatic nitrogens is 1. The Labute approximate surface area is 160 Å². The molecular weight excluding hydrogens is 360 g/mol. The molecule has 2 N–H and O–H groups in total. The van der Waals surface area contributed by atoms with E-state index in [-0.39, 0.29) is 5.76 Å². The van der Waals surface area contributed by atoms with Crippen LogP contribution in [0.15, 0.2) is 71.3 Å². The largest absolute Gasteiger partial charge is 0.351 e. The van der Waals surface area contributed by atoms with Crippen LogP contribution in [0.25, 0.3) is 0 Å². The monoisotopic (exact) mass is 376 g/mol. The molecule has 1 aliphatic rings. The van der Waals surface area contributed by atoms with Gasteiger partial charge in [-0.3, -0.25) is 9.59 Å². The van der Waals surface area contributed by atoms with Gasteiger partial charge in [0.05, 0.1) is 5.69 Å². The van der Waals surface area contributed by atoms with Crippen molar-refractivity contribution in [1.82, 2.24) is 20.9 Å². The lowest BCUT2D eigenvalue weighted by Gasteiger charge is -2.27. The maximum Gasteiger partial charge on any atom is 0.344 e. The number of benzene rings is 2. The summed E-state index contributed by atoms with van der Waals surface area (Å²) in [6.45, 7) is 1.66. The van der Waals surface area contributed by atoms with Crippen LogP contribution in [-0.4, -0.2) is 28.0 Å². The minimum absolute atomic E-state index is 0.102. The lowest BCUT2D eigenvalue weighted by atomic mass is 9.83. The first-order chi connectivity index (χ1) is 13.5. The number of nitrogens with zero attached hydrogens (tertiary/aromatic N) is 2. The highest BCUT2D eigenvalue weighted by Crippen LogP contribution is 2.35. The maximum atomic E-state index is 13.4. The van der Waals surface area contributed by atoms with Crippen molar-refractivity contribution >= 4 is 17.8 Å². The highest BCUT2D eigenvalue weighted by molar-refractivity contribution is 6.11. The van der Waals surface area contributed by atoms with Crippen molar-refractivity contribution in [3.05, 3.63) is 89.3 Å². The van der Waals surface area contributed by atoms with Crippen LogP contribution in [0, 0.1) is 6.92 Å². The van der Waals surface area contributed by atoms with E-state index in [0.29, 0.717) is 21.8 Å². The molecule has 0 unspecified atom stereocenters. The van der Waals surface area contributed by atoms with Crippen molar-refractivity contribution in [2.45, 2.75) is 12.5 Å². The van der Waals surface area contributed by atoms with Crippen molar-refractivity contribution < 1.29 is 18.9 Å². The smallest absolute Gasteiger partial charge is 0.344 e. The zero-order chi connectivity index (χ0) is 19.7. The molecule has 2 heterocycles. The van der Waals surface area contributed by atoms with Crippen LogP contribution in [0.1, 0.15) is 27.4 Å². The second-order valence-corrected chi connectivity index (χ2v) is 6.33. The van der Waals surface area contributed by atoms with Gasteiger partial charge in [0.2, 0.25) is 5.76 Å². The molecule has 2 aromatic carbocycles. The average molecular weight is 376 g/mol. The van der Waals surface area contributed by atoms with Gasteiger partial charge < -0.3 is 9.84 Å². The van der Waals surface area contributed by atoms with Crippen LogP contribution in [0.4, 0.5) is 4.79 Å². The molecule has 1 aromatic heterocycles. The lowest BCUT2D eigenvalue weighted by molar-refractivity contribution is -0.131. The molecule has 0 atom stereocenters. The highest BCUT2D eigenvalue weighted by Gasteiger charge is 2.54. The first kappa shape index (κ1) is 17.5. The van der Waals surface area contributed by atoms with Gasteiger partial charge in [0.15, 0.2) is 5.54 Å². The van der Waals surface area contributed by atoms with E-state index in [9.17, 15) is 14.4 Å². The third-order valence-electron chi connectivity index (χ3n) is 4.50. The Morgan fingerprint density at radius 2 is 1.61 bits per heavy atom. The summed E-state index contributed by atoms with van der Waals surface area (Å²) in [7, 11) is 0. The van der Waals surface area contributed by atoms with E-state index in [2.05, 4.69) is 15.9 Å². The molecule has 8 nitrogen and oxygen atoms in total. The SMILES string of the molecule is Cc1cc(C(=O)NN2C(=O)NC(c3ccccc3)(c3ccccc3)C2=O)on1. The minimum Gasteiger partial charge on any atom is -0.351 e. The van der Waals surface area contributed by atoms with Crippen molar-refractivity contribution in [1.29, 1.82) is 0 Å². The zero-order valence-corrected chi connectivity index (χ0v) is 14.9. The second kappa shape index (κ2) is 6.66. The van der Waals surface area contributed by atoms with Crippen LogP contribution >= 0.6 is 0 Å². The van der Waals surface area contributed by atoms with Gasteiger partial charge in [-0.1, -0.05) is 65.8 Å². The fourth-order valence-electron chi connectivity index (χ4n) is 3.19. The molecular formula is C20H16N4O4. The standard InChI is InChI=1S/C20H16N4O4/c1-13-12-16(28-23-13)17(25)22-24-18(26)20(21-19(24)27,14-8-4-2-5-9-14)15-10-6-3-7-11-15/h2-12H,1H3,(H,21,27)(H,22,25). The number of hydrogen-bond acceptors (Lipinski definition) is 5. The molecule has 4 rings (SSSR count). The topological polar surface area (TPSA) is 105 Å². The van der Waals surface area contributed by atoms with Crippen LogP contribution < -0.4 is 10.7 Å². The molecule has 0 bridgehead atoms. The predicted octanol–water partition coefficient (Wildman–Crippen LogP) is 2.12. The lowest BCUT2D eigenvalue weighted by Crippen LogP contribution is -2.49. The fourth-order valence-corrected chi connectivity index (χ4v) is 3.19. The van der Waals surface area contributed by atoms with Crippen LogP contribution in [0.5, 0.6) is 0 Å². The molecule has 0 radical (unpaired) electrons. The fraction of sp³-hybridized carbons (Fsp3) is 0.100. The predicted molar refractivity (Wildman–Crippen MR) is 97.7 cm³/mol. The van der Waals surface area contributed by atoms with Gasteiger partial charge in [-0.15, -0.1) is 0 Å². The van der Waals surface area contributed by atoms with Gasteiger partial charge >= 0.3 is 11.9 Å². The van der Waals surface area contributed by atoms with Crippen molar-refractivity contribution in [2.24, 2.45) is 0 Å². The molecule has 1 aliphatic heterocycles. The quantitative estimate of drug-likeness (QED) is 0.679. The van der Waals surface area contributed by atoms with Gasteiger partial charge in [0.25, 0.3) is 5.91 Å². The van der Waals surface area contributed by atoms with Crippen molar-refractivity contribution in [2.75, 3.05) is 0 Å². The zero-order valence-electron chi connectivity index (χ0n) is 14.9. The van der Waals surface area contributed by atoms with E-state index >= 15 is 0 Å². The third kappa shape index (κ3) is 2.71. The summed E-state index contributed by atoms with van der Waals surface area (Å²) >= 11 is 0. The molecule has 0 aliphatic carbocycles. The van der Waals surface area contributed by atoms with Gasteiger partial charge in [0, 0.05) is 6.07 Å². The molecule has 140 valence electrons. The summed E-state index contributed by atoms with van der Waals surface area (Å²) in [5.41, 5.74) is 2.50. The van der Waals surface area contributed by atoms with Crippen LogP contribution in [0.2, 0.25) is 0 Å². The summed E-state index contributed by atoms with van der Waals surface area (Å²) in [6.07, 6.45) is 0. The van der Waals surface area contributed by atoms with Crippen molar-refractivity contribution in [3.8, 4) is 0 Å². The van der Waals surface area contributed by atoms with Gasteiger partial charge in [-0.05, 0) is 18.1 Å². The van der Waals surface area contributed by atoms with E-state index in [1.807, 2.05) is 12.1 Å². The van der Waals surface area contributed by atoms with Crippen LogP contribution in [-0.2, 0) is 10.3 Å². The van der Waals surface area contributed by atoms with Crippen LogP contribution in [0.3, 0.4) is 0 Å². The van der Waals surface area contributed by atoms with E-state index < -0.39 is 23.4 Å². The molecule has 1 saturated heterocycles. The summed E-state index contributed by atoms with van der Waals surface area (Å²) in [5, 5.41) is 7.04. The van der Waals surface area contributed by atoms with Gasteiger partial charge in [-0.2, -0.15) is 5.01 Å². The van der Waals surface area contributed by atoms with E-state index in [1.54, 1.807) is 55.5 Å². The first-order valence-electron chi connectivity index (χ1n) is 8.54. The van der Waals surface area contributed by atoms with Gasteiger partial charge in [-0.25, -0.2) is 10.2 Å². The second-order valence-electron chi connectivity index (χ2n) is 6.33. The molecule has 0 spiro atoms. The third-order valence-corrected chi connectivity index (χ3v) is 4.50. The van der Waals surface area contributed by atoms with E-state index in [1.165, 1.54) is 6.07 Å². The summed E-state index contributed by atoms with van der Waals surface area (Å²) in [4.78, 5) is 38.4. The Bertz CT molecular complexity index is 1010. The molecule has 4 amide bonds. The van der Waals surface area contributed by atoms with E-state index in [4.69, 9.17) is 4.52 Å². The number of carbonyl (C=O) groups excluding carboxylic acids is 3. The first-order valence-corrected chi connectivity index (χ1v) is 8.54. The Morgan fingerprint density at radius 1 is 1.04 bits per heavy atom.